The number of esters is 1. The van der Waals surface area contributed by atoms with E-state index in [1.807, 2.05) is 0 Å². The van der Waals surface area contributed by atoms with E-state index in [0.717, 1.165) is 0 Å². The molecule has 27 heavy (non-hydrogen) atoms. The van der Waals surface area contributed by atoms with Crippen molar-refractivity contribution >= 4 is 16.1 Å². The summed E-state index contributed by atoms with van der Waals surface area (Å²) >= 11 is 0. The van der Waals surface area contributed by atoms with Gasteiger partial charge >= 0.3 is 23.9 Å². The Kier molecular flexibility index (Phi) is 7.90. The molecule has 0 aromatic heterocycles. The van der Waals surface area contributed by atoms with Crippen molar-refractivity contribution < 1.29 is 58.3 Å². The second-order valence-corrected chi connectivity index (χ2v) is 7.24. The standard InChI is InChI=1S/C13H18F6O7S/c14-12(15,16)11(13(17,18)19,8-27(21,22)23)26-10(20)4-2-1-3-5-24-6-9-7-25-9/h9H,1-8H2,(H,21,22,23)/p-1. The molecule has 1 atom stereocenters. The number of hydrogen-bond donors (Lipinski definition) is 0. The van der Waals surface area contributed by atoms with Crippen molar-refractivity contribution in [3.8, 4) is 0 Å². The normalized spacial score (nSPS) is 18.4. The van der Waals surface area contributed by atoms with Gasteiger partial charge in [0.1, 0.15) is 6.10 Å². The molecule has 1 rings (SSSR count). The second-order valence-electron chi connectivity index (χ2n) is 5.84. The van der Waals surface area contributed by atoms with Gasteiger partial charge in [-0.1, -0.05) is 6.42 Å². The Hall–Kier alpha value is -1.12. The van der Waals surface area contributed by atoms with Crippen LogP contribution in [0.2, 0.25) is 0 Å². The minimum Gasteiger partial charge on any atom is -0.748 e. The van der Waals surface area contributed by atoms with E-state index in [0.29, 0.717) is 19.6 Å². The molecule has 1 heterocycles. The van der Waals surface area contributed by atoms with E-state index >= 15 is 0 Å². The Morgan fingerprint density at radius 3 is 2.07 bits per heavy atom. The molecule has 0 spiro atoms. The predicted molar refractivity (Wildman–Crippen MR) is 74.5 cm³/mol. The molecule has 7 nitrogen and oxygen atoms in total. The number of halogens is 6. The summed E-state index contributed by atoms with van der Waals surface area (Å²) in [6.45, 7) is 1.22. The Morgan fingerprint density at radius 2 is 1.63 bits per heavy atom. The lowest BCUT2D eigenvalue weighted by Crippen LogP contribution is -2.63. The fraction of sp³-hybridized carbons (Fsp3) is 0.923. The van der Waals surface area contributed by atoms with E-state index in [9.17, 15) is 44.1 Å². The molecule has 1 fully saturated rings. The molecule has 1 saturated heterocycles. The van der Waals surface area contributed by atoms with Gasteiger partial charge in [-0.2, -0.15) is 26.3 Å². The zero-order valence-corrected chi connectivity index (χ0v) is 14.6. The number of unbranched alkanes of at least 4 members (excludes halogenated alkanes) is 2. The summed E-state index contributed by atoms with van der Waals surface area (Å²) in [5, 5.41) is 0. The molecule has 1 aliphatic heterocycles. The first-order valence-electron chi connectivity index (χ1n) is 7.66. The topological polar surface area (TPSA) is 105 Å². The molecule has 0 aliphatic carbocycles. The lowest BCUT2D eigenvalue weighted by atomic mass is 10.1. The van der Waals surface area contributed by atoms with Crippen LogP contribution in [0.25, 0.3) is 0 Å². The molecule has 0 aromatic rings. The molecular weight excluding hydrogens is 414 g/mol. The molecular formula is C13H17F6O7S-. The molecule has 0 aromatic carbocycles. The third-order valence-corrected chi connectivity index (χ3v) is 4.22. The smallest absolute Gasteiger partial charge is 0.438 e. The summed E-state index contributed by atoms with van der Waals surface area (Å²) in [7, 11) is -6.03. The fourth-order valence-corrected chi connectivity index (χ4v) is 2.88. The van der Waals surface area contributed by atoms with Crippen LogP contribution in [-0.2, 0) is 29.1 Å². The molecule has 0 saturated carbocycles. The summed E-state index contributed by atoms with van der Waals surface area (Å²) in [6, 6.07) is 0. The summed E-state index contributed by atoms with van der Waals surface area (Å²) in [4.78, 5) is 11.5. The maximum absolute atomic E-state index is 12.9. The minimum atomic E-state index is -6.35. The molecule has 0 amide bonds. The van der Waals surface area contributed by atoms with E-state index in [-0.39, 0.29) is 25.6 Å². The van der Waals surface area contributed by atoms with Gasteiger partial charge in [0.15, 0.2) is 0 Å². The molecule has 160 valence electrons. The highest BCUT2D eigenvalue weighted by atomic mass is 32.2. The molecule has 1 aliphatic rings. The summed E-state index contributed by atoms with van der Waals surface area (Å²) in [6.07, 6.45) is -13.0. The van der Waals surface area contributed by atoms with Crippen molar-refractivity contribution in [1.29, 1.82) is 0 Å². The number of alkyl halides is 6. The van der Waals surface area contributed by atoms with Crippen molar-refractivity contribution in [2.75, 3.05) is 25.6 Å². The highest BCUT2D eigenvalue weighted by Crippen LogP contribution is 2.47. The number of hydrogen-bond acceptors (Lipinski definition) is 7. The van der Waals surface area contributed by atoms with E-state index in [2.05, 4.69) is 4.74 Å². The average molecular weight is 431 g/mol. The van der Waals surface area contributed by atoms with Crippen molar-refractivity contribution in [2.24, 2.45) is 0 Å². The highest BCUT2D eigenvalue weighted by molar-refractivity contribution is 7.85. The van der Waals surface area contributed by atoms with Crippen LogP contribution in [0.15, 0.2) is 0 Å². The van der Waals surface area contributed by atoms with Crippen LogP contribution in [0.5, 0.6) is 0 Å². The SMILES string of the molecule is O=C(CCCCCOCC1CO1)OC(CS(=O)(=O)[O-])(C(F)(F)F)C(F)(F)F. The van der Waals surface area contributed by atoms with Crippen LogP contribution < -0.4 is 0 Å². The van der Waals surface area contributed by atoms with Crippen LogP contribution in [0, 0.1) is 0 Å². The van der Waals surface area contributed by atoms with Crippen LogP contribution in [0.4, 0.5) is 26.3 Å². The number of ether oxygens (including phenoxy) is 3. The first kappa shape index (κ1) is 23.9. The van der Waals surface area contributed by atoms with E-state index in [4.69, 9.17) is 9.47 Å². The Bertz CT molecular complexity index is 583. The van der Waals surface area contributed by atoms with Gasteiger partial charge in [0.25, 0.3) is 0 Å². The van der Waals surface area contributed by atoms with Crippen molar-refractivity contribution in [3.05, 3.63) is 0 Å². The Labute approximate surface area is 150 Å². The summed E-state index contributed by atoms with van der Waals surface area (Å²) in [5.74, 6) is -4.91. The lowest BCUT2D eigenvalue weighted by molar-refractivity contribution is -0.361. The zero-order valence-electron chi connectivity index (χ0n) is 13.8. The van der Waals surface area contributed by atoms with Gasteiger partial charge in [0.05, 0.1) is 29.1 Å². The second kappa shape index (κ2) is 8.92. The van der Waals surface area contributed by atoms with Crippen molar-refractivity contribution in [2.45, 2.75) is 49.7 Å². The minimum absolute atomic E-state index is 0.0372. The van der Waals surface area contributed by atoms with Crippen molar-refractivity contribution in [3.63, 3.8) is 0 Å². The largest absolute Gasteiger partial charge is 0.748 e. The number of carbonyl (C=O) groups is 1. The van der Waals surface area contributed by atoms with E-state index in [1.165, 1.54) is 0 Å². The molecule has 0 bridgehead atoms. The summed E-state index contributed by atoms with van der Waals surface area (Å²) < 4.78 is 123. The van der Waals surface area contributed by atoms with Crippen LogP contribution in [0.1, 0.15) is 25.7 Å². The fourth-order valence-electron chi connectivity index (χ4n) is 1.99. The van der Waals surface area contributed by atoms with Gasteiger partial charge in [0.2, 0.25) is 0 Å². The number of epoxide rings is 1. The average Bonchev–Trinajstić information content (AvgIpc) is 3.25. The van der Waals surface area contributed by atoms with E-state index < -0.39 is 46.2 Å². The highest BCUT2D eigenvalue weighted by Gasteiger charge is 2.75. The van der Waals surface area contributed by atoms with Gasteiger partial charge in [-0.15, -0.1) is 0 Å². The zero-order chi connectivity index (χ0) is 20.9. The predicted octanol–water partition coefficient (Wildman–Crippen LogP) is 1.91. The first-order chi connectivity index (χ1) is 12.2. The van der Waals surface area contributed by atoms with Crippen LogP contribution in [-0.4, -0.2) is 68.6 Å². The molecule has 1 unspecified atom stereocenters. The Morgan fingerprint density at radius 1 is 1.07 bits per heavy atom. The summed E-state index contributed by atoms with van der Waals surface area (Å²) in [5.41, 5.74) is -5.41. The Balaban J connectivity index is 2.61. The molecule has 0 radical (unpaired) electrons. The van der Waals surface area contributed by atoms with E-state index in [1.54, 1.807) is 0 Å². The first-order valence-corrected chi connectivity index (χ1v) is 9.24. The number of rotatable bonds is 11. The van der Waals surface area contributed by atoms with Crippen LogP contribution in [0.3, 0.4) is 0 Å². The lowest BCUT2D eigenvalue weighted by Gasteiger charge is -2.36. The third kappa shape index (κ3) is 7.79. The number of carbonyl (C=O) groups excluding carboxylic acids is 1. The maximum Gasteiger partial charge on any atom is 0.438 e. The third-order valence-electron chi connectivity index (χ3n) is 3.46. The van der Waals surface area contributed by atoms with Gasteiger partial charge in [-0.25, -0.2) is 8.42 Å². The van der Waals surface area contributed by atoms with Crippen LogP contribution >= 0.6 is 0 Å². The van der Waals surface area contributed by atoms with Gasteiger partial charge in [-0.05, 0) is 12.8 Å². The van der Waals surface area contributed by atoms with Crippen molar-refractivity contribution in [1.82, 2.24) is 0 Å². The maximum atomic E-state index is 12.9. The van der Waals surface area contributed by atoms with Gasteiger partial charge < -0.3 is 18.8 Å². The monoisotopic (exact) mass is 431 g/mol. The van der Waals surface area contributed by atoms with Gasteiger partial charge in [-0.3, -0.25) is 4.79 Å². The molecule has 0 N–H and O–H groups in total. The quantitative estimate of drug-likeness (QED) is 0.162. The molecule has 14 heteroatoms. The van der Waals surface area contributed by atoms with Gasteiger partial charge in [0, 0.05) is 13.0 Å².